The van der Waals surface area contributed by atoms with E-state index in [0.717, 1.165) is 10.0 Å². The number of hydrogen-bond donors (Lipinski definition) is 1. The number of nitrogens with zero attached hydrogens (tertiary/aromatic N) is 2. The van der Waals surface area contributed by atoms with Crippen molar-refractivity contribution < 1.29 is 4.79 Å². The van der Waals surface area contributed by atoms with E-state index in [1.54, 1.807) is 16.8 Å². The van der Waals surface area contributed by atoms with Crippen LogP contribution in [0.2, 0.25) is 5.02 Å². The van der Waals surface area contributed by atoms with E-state index in [9.17, 15) is 4.79 Å². The number of rotatable bonds is 4. The molecule has 0 bridgehead atoms. The second-order valence-corrected chi connectivity index (χ2v) is 8.89. The van der Waals surface area contributed by atoms with Crippen molar-refractivity contribution in [3.63, 3.8) is 0 Å². The molecule has 1 amide bonds. The minimum absolute atomic E-state index is 0.0170. The molecule has 8 heteroatoms. The van der Waals surface area contributed by atoms with Gasteiger partial charge in [0.1, 0.15) is 0 Å². The van der Waals surface area contributed by atoms with Crippen LogP contribution in [0.4, 0.5) is 0 Å². The second-order valence-electron chi connectivity index (χ2n) is 5.61. The van der Waals surface area contributed by atoms with Gasteiger partial charge in [0.15, 0.2) is 8.29 Å². The Morgan fingerprint density at radius 1 is 1.41 bits per heavy atom. The zero-order valence-electron chi connectivity index (χ0n) is 12.4. The summed E-state index contributed by atoms with van der Waals surface area (Å²) in [6.45, 7) is 5.86. The molecule has 22 heavy (non-hydrogen) atoms. The van der Waals surface area contributed by atoms with Gasteiger partial charge in [-0.3, -0.25) is 4.79 Å². The Kier molecular flexibility index (Phi) is 5.65. The molecule has 118 valence electrons. The Morgan fingerprint density at radius 2 is 2.05 bits per heavy atom. The van der Waals surface area contributed by atoms with Crippen molar-refractivity contribution in [2.24, 2.45) is 0 Å². The zero-order valence-corrected chi connectivity index (χ0v) is 15.6. The average molecular weight is 374 g/mol. The summed E-state index contributed by atoms with van der Waals surface area (Å²) in [6.07, 6.45) is 0. The number of benzene rings is 1. The molecule has 0 atom stereocenters. The van der Waals surface area contributed by atoms with E-state index in [-0.39, 0.29) is 11.4 Å². The largest absolute Gasteiger partial charge is 0.351 e. The molecule has 0 saturated carbocycles. The number of halogens is 1. The molecule has 1 aromatic heterocycles. The maximum absolute atomic E-state index is 11.8. The van der Waals surface area contributed by atoms with Crippen molar-refractivity contribution in [2.75, 3.05) is 5.75 Å². The molecular formula is C14H16ClN3OS3. The molecule has 1 N–H and O–H groups in total. The van der Waals surface area contributed by atoms with Crippen molar-refractivity contribution in [1.29, 1.82) is 0 Å². The van der Waals surface area contributed by atoms with Crippen LogP contribution in [0.5, 0.6) is 0 Å². The third kappa shape index (κ3) is 5.08. The highest BCUT2D eigenvalue weighted by atomic mass is 35.5. The predicted molar refractivity (Wildman–Crippen MR) is 95.9 cm³/mol. The van der Waals surface area contributed by atoms with Crippen LogP contribution >= 0.6 is 46.9 Å². The first-order chi connectivity index (χ1) is 10.2. The fourth-order valence-electron chi connectivity index (χ4n) is 1.65. The van der Waals surface area contributed by atoms with Crippen LogP contribution in [0.25, 0.3) is 5.69 Å². The fourth-order valence-corrected chi connectivity index (χ4v) is 3.93. The van der Waals surface area contributed by atoms with Crippen molar-refractivity contribution in [3.05, 3.63) is 33.2 Å². The Balaban J connectivity index is 2.06. The molecule has 1 aromatic carbocycles. The van der Waals surface area contributed by atoms with Gasteiger partial charge in [0.05, 0.1) is 11.4 Å². The molecule has 2 aromatic rings. The maximum atomic E-state index is 11.8. The van der Waals surface area contributed by atoms with Crippen LogP contribution in [0.15, 0.2) is 28.6 Å². The Morgan fingerprint density at radius 3 is 2.64 bits per heavy atom. The van der Waals surface area contributed by atoms with Gasteiger partial charge in [0.2, 0.25) is 5.91 Å². The van der Waals surface area contributed by atoms with Crippen LogP contribution in [-0.4, -0.2) is 27.0 Å². The summed E-state index contributed by atoms with van der Waals surface area (Å²) in [5, 5.41) is 8.03. The SMILES string of the molecule is CC(C)(C)NC(=O)CSc1nn(-c2ccc(Cl)cc2)c(=S)s1. The maximum Gasteiger partial charge on any atom is 0.230 e. The van der Waals surface area contributed by atoms with E-state index >= 15 is 0 Å². The Labute approximate surface area is 147 Å². The van der Waals surface area contributed by atoms with Gasteiger partial charge in [-0.05, 0) is 57.3 Å². The van der Waals surface area contributed by atoms with Crippen LogP contribution in [-0.2, 0) is 4.79 Å². The number of hydrogen-bond acceptors (Lipinski definition) is 5. The normalized spacial score (nSPS) is 11.5. The summed E-state index contributed by atoms with van der Waals surface area (Å²) < 4.78 is 3.09. The smallest absolute Gasteiger partial charge is 0.230 e. The van der Waals surface area contributed by atoms with Crippen LogP contribution in [0, 0.1) is 3.95 Å². The van der Waals surface area contributed by atoms with Crippen LogP contribution < -0.4 is 5.32 Å². The molecule has 0 aliphatic heterocycles. The Bertz CT molecular complexity index is 716. The molecular weight excluding hydrogens is 358 g/mol. The van der Waals surface area contributed by atoms with Gasteiger partial charge in [0.25, 0.3) is 0 Å². The zero-order chi connectivity index (χ0) is 16.3. The molecule has 0 spiro atoms. The lowest BCUT2D eigenvalue weighted by atomic mass is 10.1. The third-order valence-electron chi connectivity index (χ3n) is 2.44. The summed E-state index contributed by atoms with van der Waals surface area (Å²) >= 11 is 14.0. The minimum Gasteiger partial charge on any atom is -0.351 e. The van der Waals surface area contributed by atoms with Gasteiger partial charge in [-0.25, -0.2) is 4.68 Å². The van der Waals surface area contributed by atoms with E-state index in [1.807, 2.05) is 32.9 Å². The summed E-state index contributed by atoms with van der Waals surface area (Å²) in [5.41, 5.74) is 0.629. The van der Waals surface area contributed by atoms with Crippen molar-refractivity contribution in [2.45, 2.75) is 30.6 Å². The van der Waals surface area contributed by atoms with E-state index in [2.05, 4.69) is 10.4 Å². The van der Waals surface area contributed by atoms with Crippen molar-refractivity contribution in [1.82, 2.24) is 15.1 Å². The molecule has 0 aliphatic rings. The molecule has 0 saturated heterocycles. The lowest BCUT2D eigenvalue weighted by Gasteiger charge is -2.19. The summed E-state index contributed by atoms with van der Waals surface area (Å²) in [4.78, 5) is 11.8. The quantitative estimate of drug-likeness (QED) is 0.640. The topological polar surface area (TPSA) is 46.9 Å². The average Bonchev–Trinajstić information content (AvgIpc) is 2.77. The molecule has 1 heterocycles. The molecule has 4 nitrogen and oxygen atoms in total. The van der Waals surface area contributed by atoms with Crippen molar-refractivity contribution >= 4 is 52.8 Å². The highest BCUT2D eigenvalue weighted by Crippen LogP contribution is 2.24. The standard InChI is InChI=1S/C14H16ClN3OS3/c1-14(2,3)16-11(19)8-21-12-17-18(13(20)22-12)10-6-4-9(15)5-7-10/h4-7H,8H2,1-3H3,(H,16,19). The summed E-state index contributed by atoms with van der Waals surface area (Å²) in [6, 6.07) is 7.31. The number of aromatic nitrogens is 2. The minimum atomic E-state index is -0.229. The number of carbonyl (C=O) groups excluding carboxylic acids is 1. The van der Waals surface area contributed by atoms with E-state index in [1.165, 1.54) is 23.1 Å². The van der Waals surface area contributed by atoms with Crippen LogP contribution in [0.3, 0.4) is 0 Å². The van der Waals surface area contributed by atoms with Gasteiger partial charge >= 0.3 is 0 Å². The van der Waals surface area contributed by atoms with Gasteiger partial charge in [0, 0.05) is 10.6 Å². The van der Waals surface area contributed by atoms with Gasteiger partial charge in [-0.1, -0.05) is 34.7 Å². The molecule has 0 radical (unpaired) electrons. The van der Waals surface area contributed by atoms with Gasteiger partial charge in [-0.2, -0.15) is 0 Å². The van der Waals surface area contributed by atoms with E-state index in [4.69, 9.17) is 23.8 Å². The lowest BCUT2D eigenvalue weighted by molar-refractivity contribution is -0.119. The molecule has 0 unspecified atom stereocenters. The first kappa shape index (κ1) is 17.5. The predicted octanol–water partition coefficient (Wildman–Crippen LogP) is 4.32. The summed E-state index contributed by atoms with van der Waals surface area (Å²) in [5.74, 6) is 0.303. The van der Waals surface area contributed by atoms with Gasteiger partial charge < -0.3 is 5.32 Å². The van der Waals surface area contributed by atoms with Gasteiger partial charge in [-0.15, -0.1) is 5.10 Å². The Hall–Kier alpha value is -0.890. The van der Waals surface area contributed by atoms with Crippen molar-refractivity contribution in [3.8, 4) is 5.69 Å². The number of carbonyl (C=O) groups is 1. The van der Waals surface area contributed by atoms with E-state index in [0.29, 0.717) is 14.7 Å². The molecule has 2 rings (SSSR count). The first-order valence-electron chi connectivity index (χ1n) is 6.54. The lowest BCUT2D eigenvalue weighted by Crippen LogP contribution is -2.41. The number of nitrogens with one attached hydrogen (secondary N) is 1. The van der Waals surface area contributed by atoms with Crippen LogP contribution in [0.1, 0.15) is 20.8 Å². The second kappa shape index (κ2) is 7.12. The molecule has 0 aliphatic carbocycles. The van der Waals surface area contributed by atoms with E-state index < -0.39 is 0 Å². The monoisotopic (exact) mass is 373 g/mol. The third-order valence-corrected chi connectivity index (χ3v) is 5.06. The first-order valence-corrected chi connectivity index (χ1v) is 9.13. The fraction of sp³-hybridized carbons (Fsp3) is 0.357. The molecule has 0 fully saturated rings. The highest BCUT2D eigenvalue weighted by Gasteiger charge is 2.15. The highest BCUT2D eigenvalue weighted by molar-refractivity contribution is 8.01. The number of thioether (sulfide) groups is 1. The number of amides is 1. The summed E-state index contributed by atoms with van der Waals surface area (Å²) in [7, 11) is 0.